The van der Waals surface area contributed by atoms with Crippen LogP contribution >= 0.6 is 0 Å². The fourth-order valence-electron chi connectivity index (χ4n) is 0.350. The first-order valence-electron chi connectivity index (χ1n) is 6.54. The second kappa shape index (κ2) is 20.8. The van der Waals surface area contributed by atoms with Gasteiger partial charge in [0.25, 0.3) is 0 Å². The van der Waals surface area contributed by atoms with Gasteiger partial charge in [0.05, 0.1) is 6.61 Å². The minimum Gasteiger partial charge on any atom is -0.875 e. The van der Waals surface area contributed by atoms with Gasteiger partial charge in [-0.3, -0.25) is 0 Å². The Morgan fingerprint density at radius 1 is 1.10 bits per heavy atom. The Labute approximate surface area is 133 Å². The third-order valence-electron chi connectivity index (χ3n) is 1.76. The second-order valence-electron chi connectivity index (χ2n) is 3.94. The van der Waals surface area contributed by atoms with E-state index < -0.39 is 5.97 Å². The van der Waals surface area contributed by atoms with E-state index in [4.69, 9.17) is 0 Å². The molecule has 0 aliphatic heterocycles. The van der Waals surface area contributed by atoms with Crippen LogP contribution in [-0.4, -0.2) is 42.1 Å². The van der Waals surface area contributed by atoms with Gasteiger partial charge in [-0.2, -0.15) is 0 Å². The average Bonchev–Trinajstić information content (AvgIpc) is 2.29. The van der Waals surface area contributed by atoms with Gasteiger partial charge in [0, 0.05) is 6.08 Å². The first-order valence-corrected chi connectivity index (χ1v) is 6.54. The zero-order valence-electron chi connectivity index (χ0n) is 13.5. The van der Waals surface area contributed by atoms with Gasteiger partial charge < -0.3 is 20.1 Å². The van der Waals surface area contributed by atoms with Crippen molar-refractivity contribution in [3.8, 4) is 0 Å². The summed E-state index contributed by atoms with van der Waals surface area (Å²) in [6, 6.07) is 0. The number of ether oxygens (including phenoxy) is 1. The molecule has 0 heterocycles. The van der Waals surface area contributed by atoms with E-state index in [0.29, 0.717) is 6.61 Å². The van der Waals surface area contributed by atoms with Gasteiger partial charge in [-0.1, -0.05) is 47.5 Å². The Balaban J connectivity index is -0.000000101. The number of carbonyl (C=O) groups excluding carboxylic acids is 1. The SMILES string of the molecule is CCC(C)[O-].CCC(C)[O-].CCOC(=O)/C=C(\C)[O-].[Al+3]. The molecule has 0 N–H and O–H groups in total. The first-order chi connectivity index (χ1) is 8.70. The number of hydrogen-bond acceptors (Lipinski definition) is 5. The van der Waals surface area contributed by atoms with E-state index in [2.05, 4.69) is 4.74 Å². The molecule has 0 aromatic carbocycles. The molecule has 20 heavy (non-hydrogen) atoms. The molecule has 6 heteroatoms. The largest absolute Gasteiger partial charge is 3.00 e. The third kappa shape index (κ3) is 43.2. The summed E-state index contributed by atoms with van der Waals surface area (Å²) < 4.78 is 4.44. The van der Waals surface area contributed by atoms with Gasteiger partial charge in [-0.25, -0.2) is 4.79 Å². The van der Waals surface area contributed by atoms with Gasteiger partial charge >= 0.3 is 23.3 Å². The Kier molecular flexibility index (Phi) is 28.8. The van der Waals surface area contributed by atoms with E-state index in [1.54, 1.807) is 20.8 Å². The summed E-state index contributed by atoms with van der Waals surface area (Å²) in [6.07, 6.45) is 1.69. The van der Waals surface area contributed by atoms with Crippen LogP contribution in [0, 0.1) is 0 Å². The molecule has 0 aliphatic carbocycles. The zero-order valence-corrected chi connectivity index (χ0v) is 14.6. The predicted molar refractivity (Wildman–Crippen MR) is 75.7 cm³/mol. The molecule has 116 valence electrons. The Bertz CT molecular complexity index is 216. The van der Waals surface area contributed by atoms with Gasteiger partial charge in [0.15, 0.2) is 0 Å². The van der Waals surface area contributed by atoms with Crippen molar-refractivity contribution < 1.29 is 24.9 Å². The Morgan fingerprint density at radius 2 is 1.40 bits per heavy atom. The van der Waals surface area contributed by atoms with Gasteiger partial charge in [0.2, 0.25) is 0 Å². The maximum atomic E-state index is 10.4. The monoisotopic (exact) mass is 302 g/mol. The van der Waals surface area contributed by atoms with Crippen molar-refractivity contribution in [2.45, 2.75) is 66.6 Å². The molecule has 0 spiro atoms. The van der Waals surface area contributed by atoms with E-state index in [1.807, 2.05) is 13.8 Å². The number of rotatable bonds is 4. The van der Waals surface area contributed by atoms with Crippen molar-refractivity contribution in [3.63, 3.8) is 0 Å². The number of esters is 1. The number of hydrogen-bond donors (Lipinski definition) is 0. The van der Waals surface area contributed by atoms with Gasteiger partial charge in [-0.15, -0.1) is 18.0 Å². The summed E-state index contributed by atoms with van der Waals surface area (Å²) in [4.78, 5) is 10.4. The smallest absolute Gasteiger partial charge is 0.875 e. The zero-order chi connectivity index (χ0) is 15.8. The molecule has 0 saturated carbocycles. The average molecular weight is 302 g/mol. The fourth-order valence-corrected chi connectivity index (χ4v) is 0.350. The predicted octanol–water partition coefficient (Wildman–Crippen LogP) is -0.277. The maximum absolute atomic E-state index is 10.4. The first kappa shape index (κ1) is 27.7. The summed E-state index contributed by atoms with van der Waals surface area (Å²) in [6.45, 7) is 10.4. The molecule has 0 aliphatic rings. The van der Waals surface area contributed by atoms with Crippen LogP contribution in [0.2, 0.25) is 0 Å². The summed E-state index contributed by atoms with van der Waals surface area (Å²) in [5.41, 5.74) is 0. The molecule has 0 bridgehead atoms. The van der Waals surface area contributed by atoms with Gasteiger partial charge in [-0.05, 0) is 6.92 Å². The van der Waals surface area contributed by atoms with Crippen LogP contribution in [0.3, 0.4) is 0 Å². The van der Waals surface area contributed by atoms with E-state index in [9.17, 15) is 20.1 Å². The summed E-state index contributed by atoms with van der Waals surface area (Å²) in [7, 11) is 0. The van der Waals surface area contributed by atoms with Crippen LogP contribution in [0.5, 0.6) is 0 Å². The number of allylic oxidation sites excluding steroid dienone is 1. The summed E-state index contributed by atoms with van der Waals surface area (Å²) in [5, 5.41) is 30.0. The second-order valence-corrected chi connectivity index (χ2v) is 3.94. The molecule has 0 aromatic rings. The number of carbonyl (C=O) groups is 1. The van der Waals surface area contributed by atoms with Crippen LogP contribution in [0.25, 0.3) is 0 Å². The quantitative estimate of drug-likeness (QED) is 0.308. The van der Waals surface area contributed by atoms with Crippen LogP contribution in [0.1, 0.15) is 54.4 Å². The molecule has 5 nitrogen and oxygen atoms in total. The molecule has 0 fully saturated rings. The van der Waals surface area contributed by atoms with Gasteiger partial charge in [0.1, 0.15) is 0 Å². The van der Waals surface area contributed by atoms with Crippen LogP contribution in [-0.2, 0) is 9.53 Å². The minimum absolute atomic E-state index is 0. The molecule has 0 amide bonds. The van der Waals surface area contributed by atoms with Crippen molar-refractivity contribution in [3.05, 3.63) is 11.8 Å². The van der Waals surface area contributed by atoms with Crippen molar-refractivity contribution in [1.82, 2.24) is 0 Å². The summed E-state index contributed by atoms with van der Waals surface area (Å²) in [5.74, 6) is -0.849. The van der Waals surface area contributed by atoms with Crippen molar-refractivity contribution in [1.29, 1.82) is 0 Å². The van der Waals surface area contributed by atoms with Crippen molar-refractivity contribution >= 4 is 23.3 Å². The molecule has 0 aromatic heterocycles. The van der Waals surface area contributed by atoms with E-state index in [1.165, 1.54) is 6.92 Å². The topological polar surface area (TPSA) is 95.5 Å². The van der Waals surface area contributed by atoms with Crippen molar-refractivity contribution in [2.75, 3.05) is 6.61 Å². The summed E-state index contributed by atoms with van der Waals surface area (Å²) >= 11 is 0. The maximum Gasteiger partial charge on any atom is 3.00 e. The molecule has 0 saturated heterocycles. The minimum atomic E-state index is -0.565. The van der Waals surface area contributed by atoms with E-state index >= 15 is 0 Å². The fraction of sp³-hybridized carbons (Fsp3) is 0.786. The molecule has 0 rings (SSSR count). The Morgan fingerprint density at radius 3 is 1.55 bits per heavy atom. The molecule has 2 atom stereocenters. The molecular formula is C14H27AlO5. The van der Waals surface area contributed by atoms with Crippen molar-refractivity contribution in [2.24, 2.45) is 0 Å². The van der Waals surface area contributed by atoms with Crippen LogP contribution < -0.4 is 15.3 Å². The standard InChI is InChI=1S/C6H10O3.2C4H9O.Al/c1-3-9-6(8)4-5(2)7;2*1-3-4(2)5;/h4,7H,3H2,1-2H3;2*4H,3H2,1-2H3;/q;2*-1;+3/p-1/b5-4+;;;. The molecular weight excluding hydrogens is 275 g/mol. The normalized spacial score (nSPS) is 12.5. The van der Waals surface area contributed by atoms with E-state index in [0.717, 1.165) is 18.9 Å². The molecule has 2 unspecified atom stereocenters. The van der Waals surface area contributed by atoms with E-state index in [-0.39, 0.29) is 35.3 Å². The molecule has 0 radical (unpaired) electrons. The third-order valence-corrected chi connectivity index (χ3v) is 1.76. The van der Waals surface area contributed by atoms with Crippen LogP contribution in [0.4, 0.5) is 0 Å². The van der Waals surface area contributed by atoms with Crippen LogP contribution in [0.15, 0.2) is 11.8 Å². The Hall–Kier alpha value is -0.538.